The number of hydrogen-bond acceptors (Lipinski definition) is 5. The summed E-state index contributed by atoms with van der Waals surface area (Å²) in [5, 5.41) is 1.99. The number of methoxy groups -OCH3 is 1. The summed E-state index contributed by atoms with van der Waals surface area (Å²) in [6.45, 7) is 4.01. The first-order chi connectivity index (χ1) is 9.67. The van der Waals surface area contributed by atoms with E-state index in [1.807, 2.05) is 49.6 Å². The van der Waals surface area contributed by atoms with E-state index in [1.165, 1.54) is 0 Å². The van der Waals surface area contributed by atoms with Gasteiger partial charge in [0.05, 0.1) is 24.1 Å². The molecular weight excluding hydrogens is 272 g/mol. The van der Waals surface area contributed by atoms with E-state index in [2.05, 4.69) is 5.43 Å². The van der Waals surface area contributed by atoms with E-state index in [1.54, 1.807) is 18.4 Å². The van der Waals surface area contributed by atoms with Gasteiger partial charge in [-0.15, -0.1) is 11.3 Å². The minimum Gasteiger partial charge on any atom is -0.496 e. The lowest BCUT2D eigenvalue weighted by atomic mass is 10.0. The number of benzene rings is 1. The molecule has 20 heavy (non-hydrogen) atoms. The van der Waals surface area contributed by atoms with Crippen LogP contribution < -0.4 is 20.7 Å². The first kappa shape index (κ1) is 14.8. The largest absolute Gasteiger partial charge is 0.496 e. The van der Waals surface area contributed by atoms with Crippen molar-refractivity contribution in [3.63, 3.8) is 0 Å². The molecule has 108 valence electrons. The Morgan fingerprint density at radius 1 is 1.15 bits per heavy atom. The highest BCUT2D eigenvalue weighted by Gasteiger charge is 2.22. The van der Waals surface area contributed by atoms with Crippen LogP contribution in [0.5, 0.6) is 11.5 Å². The van der Waals surface area contributed by atoms with Crippen LogP contribution in [0, 0.1) is 0 Å². The van der Waals surface area contributed by atoms with Gasteiger partial charge in [-0.25, -0.2) is 5.43 Å². The number of para-hydroxylation sites is 1. The standard InChI is InChI=1S/C15H20N2O2S/c1-10(2)19-12-7-5-4-6-11(12)14(17-16)15-13(18-3)8-9-20-15/h4-10,14,17H,16H2,1-3H3. The van der Waals surface area contributed by atoms with Crippen molar-refractivity contribution in [2.45, 2.75) is 26.0 Å². The minimum atomic E-state index is -0.153. The van der Waals surface area contributed by atoms with Gasteiger partial charge in [-0.3, -0.25) is 5.84 Å². The van der Waals surface area contributed by atoms with Crippen LogP contribution >= 0.6 is 11.3 Å². The molecular formula is C15H20N2O2S. The molecule has 0 aliphatic rings. The quantitative estimate of drug-likeness (QED) is 0.634. The van der Waals surface area contributed by atoms with E-state index >= 15 is 0 Å². The van der Waals surface area contributed by atoms with E-state index in [0.29, 0.717) is 0 Å². The Hall–Kier alpha value is -1.56. The van der Waals surface area contributed by atoms with Crippen LogP contribution in [0.25, 0.3) is 0 Å². The molecule has 1 aromatic heterocycles. The van der Waals surface area contributed by atoms with Crippen LogP contribution in [0.1, 0.15) is 30.3 Å². The molecule has 4 nitrogen and oxygen atoms in total. The molecule has 0 amide bonds. The van der Waals surface area contributed by atoms with Crippen molar-refractivity contribution in [3.8, 4) is 11.5 Å². The van der Waals surface area contributed by atoms with Gasteiger partial charge in [0.25, 0.3) is 0 Å². The van der Waals surface area contributed by atoms with E-state index < -0.39 is 0 Å². The highest BCUT2D eigenvalue weighted by molar-refractivity contribution is 7.10. The highest BCUT2D eigenvalue weighted by Crippen LogP contribution is 2.37. The average molecular weight is 292 g/mol. The van der Waals surface area contributed by atoms with Crippen LogP contribution in [0.15, 0.2) is 35.7 Å². The lowest BCUT2D eigenvalue weighted by Gasteiger charge is -2.21. The van der Waals surface area contributed by atoms with E-state index in [-0.39, 0.29) is 12.1 Å². The van der Waals surface area contributed by atoms with Gasteiger partial charge in [-0.2, -0.15) is 0 Å². The molecule has 3 N–H and O–H groups in total. The Morgan fingerprint density at radius 2 is 1.90 bits per heavy atom. The zero-order valence-electron chi connectivity index (χ0n) is 11.9. The smallest absolute Gasteiger partial charge is 0.134 e. The van der Waals surface area contributed by atoms with Gasteiger partial charge < -0.3 is 9.47 Å². The van der Waals surface area contributed by atoms with Crippen molar-refractivity contribution in [2.24, 2.45) is 5.84 Å². The lowest BCUT2D eigenvalue weighted by Crippen LogP contribution is -2.29. The third-order valence-electron chi connectivity index (χ3n) is 2.90. The average Bonchev–Trinajstić information content (AvgIpc) is 2.89. The van der Waals surface area contributed by atoms with Gasteiger partial charge in [0.15, 0.2) is 0 Å². The maximum absolute atomic E-state index is 5.87. The Labute approximate surface area is 123 Å². The number of nitrogens with one attached hydrogen (secondary N) is 1. The summed E-state index contributed by atoms with van der Waals surface area (Å²) in [5.41, 5.74) is 3.86. The Balaban J connectivity index is 2.42. The predicted molar refractivity (Wildman–Crippen MR) is 82.2 cm³/mol. The van der Waals surface area contributed by atoms with Crippen molar-refractivity contribution in [1.82, 2.24) is 5.43 Å². The zero-order chi connectivity index (χ0) is 14.5. The molecule has 2 aromatic rings. The molecule has 1 unspecified atom stereocenters. The van der Waals surface area contributed by atoms with Crippen molar-refractivity contribution < 1.29 is 9.47 Å². The summed E-state index contributed by atoms with van der Waals surface area (Å²) in [6.07, 6.45) is 0.111. The van der Waals surface area contributed by atoms with Gasteiger partial charge in [-0.1, -0.05) is 18.2 Å². The SMILES string of the molecule is COc1ccsc1C(NN)c1ccccc1OC(C)C. The van der Waals surface area contributed by atoms with Crippen molar-refractivity contribution in [3.05, 3.63) is 46.2 Å². The lowest BCUT2D eigenvalue weighted by molar-refractivity contribution is 0.238. The predicted octanol–water partition coefficient (Wildman–Crippen LogP) is 3.10. The number of rotatable bonds is 6. The van der Waals surface area contributed by atoms with E-state index in [0.717, 1.165) is 21.9 Å². The summed E-state index contributed by atoms with van der Waals surface area (Å²) in [7, 11) is 1.66. The maximum atomic E-state index is 5.87. The number of hydrogen-bond donors (Lipinski definition) is 2. The number of nitrogens with two attached hydrogens (primary N) is 1. The fraction of sp³-hybridized carbons (Fsp3) is 0.333. The molecule has 0 bridgehead atoms. The first-order valence-corrected chi connectivity index (χ1v) is 7.38. The molecule has 0 spiro atoms. The summed E-state index contributed by atoms with van der Waals surface area (Å²) < 4.78 is 11.3. The van der Waals surface area contributed by atoms with Gasteiger partial charge in [0.2, 0.25) is 0 Å². The molecule has 0 fully saturated rings. The summed E-state index contributed by atoms with van der Waals surface area (Å²) in [6, 6.07) is 9.70. The summed E-state index contributed by atoms with van der Waals surface area (Å²) >= 11 is 1.61. The Morgan fingerprint density at radius 3 is 2.55 bits per heavy atom. The van der Waals surface area contributed by atoms with Gasteiger partial charge >= 0.3 is 0 Å². The number of hydrazine groups is 1. The Kier molecular flexibility index (Phi) is 5.00. The first-order valence-electron chi connectivity index (χ1n) is 6.50. The molecule has 1 heterocycles. The van der Waals surface area contributed by atoms with Crippen molar-refractivity contribution in [2.75, 3.05) is 7.11 Å². The number of ether oxygens (including phenoxy) is 2. The fourth-order valence-electron chi connectivity index (χ4n) is 2.08. The highest BCUT2D eigenvalue weighted by atomic mass is 32.1. The molecule has 1 aromatic carbocycles. The molecule has 0 radical (unpaired) electrons. The zero-order valence-corrected chi connectivity index (χ0v) is 12.7. The third kappa shape index (κ3) is 3.12. The molecule has 0 saturated carbocycles. The van der Waals surface area contributed by atoms with Gasteiger partial charge in [0, 0.05) is 5.56 Å². The monoisotopic (exact) mass is 292 g/mol. The second-order valence-corrected chi connectivity index (χ2v) is 5.61. The molecule has 0 aliphatic carbocycles. The van der Waals surface area contributed by atoms with Gasteiger partial charge in [-0.05, 0) is 31.4 Å². The minimum absolute atomic E-state index is 0.111. The van der Waals surface area contributed by atoms with Gasteiger partial charge in [0.1, 0.15) is 11.5 Å². The molecule has 0 saturated heterocycles. The van der Waals surface area contributed by atoms with Crippen LogP contribution in [-0.2, 0) is 0 Å². The van der Waals surface area contributed by atoms with Crippen molar-refractivity contribution >= 4 is 11.3 Å². The van der Waals surface area contributed by atoms with Crippen LogP contribution in [0.4, 0.5) is 0 Å². The fourth-order valence-corrected chi connectivity index (χ4v) is 3.01. The maximum Gasteiger partial charge on any atom is 0.134 e. The Bertz CT molecular complexity index is 554. The normalized spacial score (nSPS) is 12.4. The summed E-state index contributed by atoms with van der Waals surface area (Å²) in [5.74, 6) is 7.43. The van der Waals surface area contributed by atoms with Crippen molar-refractivity contribution in [1.29, 1.82) is 0 Å². The second kappa shape index (κ2) is 6.74. The number of thiophene rings is 1. The van der Waals surface area contributed by atoms with Crippen LogP contribution in [-0.4, -0.2) is 13.2 Å². The second-order valence-electron chi connectivity index (χ2n) is 4.66. The molecule has 5 heteroatoms. The van der Waals surface area contributed by atoms with Crippen LogP contribution in [0.3, 0.4) is 0 Å². The third-order valence-corrected chi connectivity index (χ3v) is 3.86. The summed E-state index contributed by atoms with van der Waals surface area (Å²) in [4.78, 5) is 1.04. The van der Waals surface area contributed by atoms with Crippen LogP contribution in [0.2, 0.25) is 0 Å². The van der Waals surface area contributed by atoms with E-state index in [9.17, 15) is 0 Å². The topological polar surface area (TPSA) is 56.5 Å². The molecule has 0 aliphatic heterocycles. The molecule has 1 atom stereocenters. The molecule has 2 rings (SSSR count). The van der Waals surface area contributed by atoms with E-state index in [4.69, 9.17) is 15.3 Å².